The quantitative estimate of drug-likeness (QED) is 0.0578. The van der Waals surface area contributed by atoms with Crippen molar-refractivity contribution in [2.75, 3.05) is 47.0 Å². The van der Waals surface area contributed by atoms with Gasteiger partial charge < -0.3 is 14.1 Å². The largest absolute Gasteiger partial charge is 0.494 e. The monoisotopic (exact) mass is 612 g/mol. The first-order chi connectivity index (χ1) is 20.1. The number of phosphoric ester groups is 1. The van der Waals surface area contributed by atoms with Crippen LogP contribution >= 0.6 is 7.82 Å². The predicted octanol–water partition coefficient (Wildman–Crippen LogP) is 8.91. The number of nitrogens with zero attached hydrogens (tertiary/aromatic N) is 1. The highest BCUT2D eigenvalue weighted by Gasteiger charge is 2.26. The normalized spacial score (nSPS) is 14.0. The number of hydrogen-bond donors (Lipinski definition) is 1. The summed E-state index contributed by atoms with van der Waals surface area (Å²) in [5, 5.41) is 0. The highest BCUT2D eigenvalue weighted by atomic mass is 31.2. The Labute approximate surface area is 257 Å². The number of Topliss-reactive ketones (excluding diaryl/α,β-unsaturated/α-hetero) is 1. The first kappa shape index (κ1) is 38.8. The molecule has 0 aliphatic carbocycles. The highest BCUT2D eigenvalue weighted by molar-refractivity contribution is 7.47. The number of rotatable bonds is 28. The van der Waals surface area contributed by atoms with Crippen LogP contribution in [0.1, 0.15) is 123 Å². The minimum absolute atomic E-state index is 0.00747. The summed E-state index contributed by atoms with van der Waals surface area (Å²) in [6.07, 6.45) is 18.1. The zero-order valence-corrected chi connectivity index (χ0v) is 28.5. The number of unbranched alkanes of at least 4 members (excludes halogenated alkanes) is 11. The summed E-state index contributed by atoms with van der Waals surface area (Å²) in [6.45, 7) is 8.65. The van der Waals surface area contributed by atoms with Gasteiger partial charge in [0.25, 0.3) is 0 Å². The lowest BCUT2D eigenvalue weighted by Gasteiger charge is -2.28. The van der Waals surface area contributed by atoms with Gasteiger partial charge in [0.05, 0.1) is 33.9 Å². The van der Waals surface area contributed by atoms with Gasteiger partial charge in [-0.05, 0) is 49.8 Å². The van der Waals surface area contributed by atoms with E-state index >= 15 is 0 Å². The summed E-state index contributed by atoms with van der Waals surface area (Å²) in [7, 11) is -0.111. The molecule has 1 N–H and O–H groups in total. The van der Waals surface area contributed by atoms with Crippen molar-refractivity contribution in [1.82, 2.24) is 0 Å². The molecule has 0 amide bonds. The maximum Gasteiger partial charge on any atom is 0.472 e. The molecule has 0 aliphatic rings. The van der Waals surface area contributed by atoms with Crippen molar-refractivity contribution in [3.05, 3.63) is 29.8 Å². The first-order valence-corrected chi connectivity index (χ1v) is 18.3. The van der Waals surface area contributed by atoms with Gasteiger partial charge in [-0.3, -0.25) is 13.8 Å². The molecule has 42 heavy (non-hydrogen) atoms. The van der Waals surface area contributed by atoms with E-state index in [9.17, 15) is 14.3 Å². The molecule has 0 heterocycles. The minimum Gasteiger partial charge on any atom is -0.494 e. The van der Waals surface area contributed by atoms with E-state index in [0.29, 0.717) is 30.3 Å². The van der Waals surface area contributed by atoms with Crippen molar-refractivity contribution < 1.29 is 32.5 Å². The van der Waals surface area contributed by atoms with Crippen LogP contribution < -0.4 is 4.74 Å². The molecule has 0 fully saturated rings. The number of benzene rings is 1. The van der Waals surface area contributed by atoms with Crippen LogP contribution in [-0.2, 0) is 24.8 Å². The maximum atomic E-state index is 12.5. The second-order valence-corrected chi connectivity index (χ2v) is 14.0. The third kappa shape index (κ3) is 20.6. The van der Waals surface area contributed by atoms with Gasteiger partial charge in [-0.2, -0.15) is 0 Å². The fourth-order valence-corrected chi connectivity index (χ4v) is 5.67. The summed E-state index contributed by atoms with van der Waals surface area (Å²) < 4.78 is 29.7. The van der Waals surface area contributed by atoms with Gasteiger partial charge in [-0.25, -0.2) is 4.57 Å². The number of ketones is 1. The van der Waals surface area contributed by atoms with Gasteiger partial charge in [0.15, 0.2) is 0 Å². The third-order valence-corrected chi connectivity index (χ3v) is 9.02. The van der Waals surface area contributed by atoms with Crippen LogP contribution in [0.3, 0.4) is 0 Å². The molecule has 1 rings (SSSR count). The second-order valence-electron chi connectivity index (χ2n) is 12.5. The molecule has 2 unspecified atom stereocenters. The lowest BCUT2D eigenvalue weighted by Crippen LogP contribution is -2.41. The molecule has 0 bridgehead atoms. The Hall–Kier alpha value is -1.24. The van der Waals surface area contributed by atoms with E-state index in [1.54, 1.807) is 0 Å². The Balaban J connectivity index is 2.39. The van der Waals surface area contributed by atoms with Gasteiger partial charge in [0.2, 0.25) is 0 Å². The molecule has 0 spiro atoms. The van der Waals surface area contributed by atoms with Crippen molar-refractivity contribution in [3.63, 3.8) is 0 Å². The average Bonchev–Trinajstić information content (AvgIpc) is 2.95. The zero-order valence-electron chi connectivity index (χ0n) is 27.6. The Morgan fingerprint density at radius 3 is 1.93 bits per heavy atom. The van der Waals surface area contributed by atoms with Crippen molar-refractivity contribution in [3.8, 4) is 5.75 Å². The molecule has 8 heteroatoms. The van der Waals surface area contributed by atoms with Crippen molar-refractivity contribution >= 4 is 13.6 Å². The SMILES string of the molecule is CCCCCCCCCCCCCCOc1ccc(CC(COP(=O)(O)OCC[N+](C)(C)CC)CC(=O)CCC)cc1. The topological polar surface area (TPSA) is 82.1 Å². The molecule has 1 aromatic carbocycles. The lowest BCUT2D eigenvalue weighted by molar-refractivity contribution is -0.888. The molecular weight excluding hydrogens is 549 g/mol. The zero-order chi connectivity index (χ0) is 31.1. The molecule has 0 saturated carbocycles. The molecule has 0 aliphatic heterocycles. The molecular formula is C34H63NO6P+. The van der Waals surface area contributed by atoms with E-state index in [2.05, 4.69) is 13.8 Å². The van der Waals surface area contributed by atoms with Gasteiger partial charge in [-0.15, -0.1) is 0 Å². The van der Waals surface area contributed by atoms with E-state index in [1.807, 2.05) is 45.3 Å². The summed E-state index contributed by atoms with van der Waals surface area (Å²) >= 11 is 0. The van der Waals surface area contributed by atoms with Gasteiger partial charge >= 0.3 is 7.82 Å². The second kappa shape index (κ2) is 23.2. The molecule has 0 aromatic heterocycles. The molecule has 0 saturated heterocycles. The fourth-order valence-electron chi connectivity index (χ4n) is 4.88. The van der Waals surface area contributed by atoms with Crippen molar-refractivity contribution in [2.24, 2.45) is 5.92 Å². The van der Waals surface area contributed by atoms with E-state index < -0.39 is 7.82 Å². The Kier molecular flexibility index (Phi) is 21.4. The number of phosphoric acid groups is 1. The standard InChI is InChI=1S/C34H62NO6P/c1-6-9-10-11-12-13-14-15-16-17-18-19-26-39-34-23-21-31(22-24-34)28-32(29-33(36)20-7-2)30-41-42(37,38)40-27-25-35(4,5)8-3/h21-24,32H,6-20,25-30H2,1-5H3/p+1. The number of hydrogen-bond acceptors (Lipinski definition) is 5. The van der Waals surface area contributed by atoms with Crippen LogP contribution in [0.2, 0.25) is 0 Å². The number of quaternary nitrogens is 1. The van der Waals surface area contributed by atoms with E-state index in [1.165, 1.54) is 70.6 Å². The molecule has 1 aromatic rings. The van der Waals surface area contributed by atoms with Crippen LogP contribution in [0.4, 0.5) is 0 Å². The molecule has 244 valence electrons. The molecule has 7 nitrogen and oxygen atoms in total. The van der Waals surface area contributed by atoms with E-state index in [0.717, 1.165) is 37.3 Å². The minimum atomic E-state index is -4.19. The number of carbonyl (C=O) groups is 1. The smallest absolute Gasteiger partial charge is 0.472 e. The fraction of sp³-hybridized carbons (Fsp3) is 0.794. The van der Waals surface area contributed by atoms with Crippen LogP contribution in [-0.4, -0.2) is 62.2 Å². The Morgan fingerprint density at radius 1 is 0.810 bits per heavy atom. The molecule has 0 radical (unpaired) electrons. The van der Waals surface area contributed by atoms with Crippen LogP contribution in [0.15, 0.2) is 24.3 Å². The molecule has 2 atom stereocenters. The number of ether oxygens (including phenoxy) is 1. The summed E-state index contributed by atoms with van der Waals surface area (Å²) in [6, 6.07) is 7.95. The number of likely N-dealkylation sites (N-methyl/N-ethyl adjacent to an activating group) is 1. The first-order valence-electron chi connectivity index (χ1n) is 16.8. The predicted molar refractivity (Wildman–Crippen MR) is 174 cm³/mol. The summed E-state index contributed by atoms with van der Waals surface area (Å²) in [5.41, 5.74) is 1.04. The van der Waals surface area contributed by atoms with Crippen LogP contribution in [0.25, 0.3) is 0 Å². The Bertz CT molecular complexity index is 860. The number of carbonyl (C=O) groups excluding carboxylic acids is 1. The van der Waals surface area contributed by atoms with E-state index in [4.69, 9.17) is 13.8 Å². The van der Waals surface area contributed by atoms with Gasteiger partial charge in [0, 0.05) is 12.8 Å². The third-order valence-electron chi connectivity index (χ3n) is 8.04. The Morgan fingerprint density at radius 2 is 1.38 bits per heavy atom. The highest BCUT2D eigenvalue weighted by Crippen LogP contribution is 2.44. The van der Waals surface area contributed by atoms with Gasteiger partial charge in [0.1, 0.15) is 24.7 Å². The van der Waals surface area contributed by atoms with Crippen LogP contribution in [0, 0.1) is 5.92 Å². The summed E-state index contributed by atoms with van der Waals surface area (Å²) in [4.78, 5) is 22.6. The van der Waals surface area contributed by atoms with Crippen molar-refractivity contribution in [2.45, 2.75) is 124 Å². The maximum absolute atomic E-state index is 12.5. The summed E-state index contributed by atoms with van der Waals surface area (Å²) in [5.74, 6) is 0.784. The van der Waals surface area contributed by atoms with Gasteiger partial charge in [-0.1, -0.05) is 96.6 Å². The van der Waals surface area contributed by atoms with Crippen molar-refractivity contribution in [1.29, 1.82) is 0 Å². The lowest BCUT2D eigenvalue weighted by atomic mass is 9.94. The average molecular weight is 613 g/mol. The van der Waals surface area contributed by atoms with E-state index in [-0.39, 0.29) is 24.9 Å². The van der Waals surface area contributed by atoms with Crippen LogP contribution in [0.5, 0.6) is 5.75 Å².